The summed E-state index contributed by atoms with van der Waals surface area (Å²) in [7, 11) is 0. The average Bonchev–Trinajstić information content (AvgIpc) is 2.25. The summed E-state index contributed by atoms with van der Waals surface area (Å²) in [6, 6.07) is 0. The Hall–Kier alpha value is -0.700. The van der Waals surface area contributed by atoms with Gasteiger partial charge >= 0.3 is 46.8 Å². The van der Waals surface area contributed by atoms with E-state index in [1.807, 2.05) is 0 Å². The molecule has 1 aliphatic carbocycles. The van der Waals surface area contributed by atoms with Crippen LogP contribution in [0, 0.1) is 0 Å². The summed E-state index contributed by atoms with van der Waals surface area (Å²) in [6.45, 7) is 0. The third kappa shape index (κ3) is 1.70. The van der Waals surface area contributed by atoms with Gasteiger partial charge in [0.15, 0.2) is 0 Å². The molecule has 1 N–H and O–H groups in total. The molecule has 1 fully saturated rings. The molecule has 0 radical (unpaired) electrons. The second-order valence-electron chi connectivity index (χ2n) is 3.77. The van der Waals surface area contributed by atoms with E-state index in [4.69, 9.17) is 4.55 Å². The van der Waals surface area contributed by atoms with Crippen LogP contribution in [-0.2, 0) is 15.5 Å². The predicted octanol–water partition coefficient (Wildman–Crippen LogP) is 3.00. The van der Waals surface area contributed by atoms with Crippen LogP contribution in [0.25, 0.3) is 0 Å². The highest BCUT2D eigenvalue weighted by Gasteiger charge is 3.02. The van der Waals surface area contributed by atoms with Crippen molar-refractivity contribution < 1.29 is 61.2 Å². The van der Waals surface area contributed by atoms with Crippen molar-refractivity contribution in [3.63, 3.8) is 0 Å². The lowest BCUT2D eigenvalue weighted by molar-refractivity contribution is -0.513. The molecule has 0 heterocycles. The van der Waals surface area contributed by atoms with E-state index in [9.17, 15) is 52.5 Å². The van der Waals surface area contributed by atoms with Gasteiger partial charge in [-0.25, -0.2) is 4.18 Å². The predicted molar refractivity (Wildman–Crippen MR) is 40.4 cm³/mol. The minimum Gasteiger partial charge on any atom is -0.284 e. The number of alkyl halides is 11. The second-order valence-corrected chi connectivity index (χ2v) is 4.37. The summed E-state index contributed by atoms with van der Waals surface area (Å²) in [4.78, 5) is 0. The van der Waals surface area contributed by atoms with E-state index >= 15 is 0 Å². The van der Waals surface area contributed by atoms with Gasteiger partial charge in [0.05, 0.1) is 0 Å². The lowest BCUT2D eigenvalue weighted by atomic mass is 9.79. The molecule has 0 spiro atoms. The average molecular weight is 362 g/mol. The third-order valence-corrected chi connectivity index (χ3v) is 2.94. The molecule has 126 valence electrons. The maximum absolute atomic E-state index is 13.3. The molecule has 0 bridgehead atoms. The molecule has 1 unspecified atom stereocenters. The molecule has 0 aromatic rings. The fourth-order valence-electron chi connectivity index (χ4n) is 1.40. The number of hydrogen-bond donors (Lipinski definition) is 1. The summed E-state index contributed by atoms with van der Waals surface area (Å²) in [6.07, 6.45) is 0. The molecule has 0 aromatic heterocycles. The van der Waals surface area contributed by atoms with Gasteiger partial charge in [-0.1, -0.05) is 0 Å². The molecule has 1 rings (SSSR count). The van der Waals surface area contributed by atoms with E-state index in [-0.39, 0.29) is 0 Å². The lowest BCUT2D eigenvalue weighted by Crippen LogP contribution is -2.84. The van der Waals surface area contributed by atoms with Gasteiger partial charge in [-0.3, -0.25) is 4.55 Å². The Labute approximate surface area is 109 Å². The zero-order valence-corrected chi connectivity index (χ0v) is 9.65. The van der Waals surface area contributed by atoms with Crippen LogP contribution in [0.15, 0.2) is 0 Å². The summed E-state index contributed by atoms with van der Waals surface area (Å²) in [5, 5.41) is 0. The van der Waals surface area contributed by atoms with E-state index in [1.165, 1.54) is 0 Å². The fourth-order valence-corrected chi connectivity index (χ4v) is 1.80. The summed E-state index contributed by atoms with van der Waals surface area (Å²) in [5.74, 6) is -43.5. The Bertz CT molecular complexity index is 445. The largest absolute Gasteiger partial charge is 0.384 e. The van der Waals surface area contributed by atoms with Crippen LogP contribution in [-0.4, -0.2) is 44.2 Å². The Morgan fingerprint density at radius 3 is 1.10 bits per heavy atom. The van der Waals surface area contributed by atoms with E-state index in [0.29, 0.717) is 0 Å². The Kier molecular flexibility index (Phi) is 3.66. The van der Waals surface area contributed by atoms with Crippen molar-refractivity contribution in [1.29, 1.82) is 0 Å². The SMILES string of the molecule is O=S(O)OC1(F)C(F)(F)C(F)(F)C(F)(F)C(F)(F)C1(F)F. The van der Waals surface area contributed by atoms with Gasteiger partial charge in [-0.15, -0.1) is 0 Å². The van der Waals surface area contributed by atoms with E-state index < -0.39 is 46.8 Å². The van der Waals surface area contributed by atoms with Crippen LogP contribution in [0.2, 0.25) is 0 Å². The first-order valence-electron chi connectivity index (χ1n) is 4.30. The summed E-state index contributed by atoms with van der Waals surface area (Å²) in [5.41, 5.74) is 0. The molecule has 15 heteroatoms. The van der Waals surface area contributed by atoms with Crippen LogP contribution in [0.4, 0.5) is 48.3 Å². The van der Waals surface area contributed by atoms with E-state index in [2.05, 4.69) is 4.18 Å². The van der Waals surface area contributed by atoms with Crippen molar-refractivity contribution in [3.05, 3.63) is 0 Å². The maximum Gasteiger partial charge on any atom is 0.384 e. The fraction of sp³-hybridized carbons (Fsp3) is 1.00. The molecule has 1 saturated carbocycles. The zero-order valence-electron chi connectivity index (χ0n) is 8.83. The van der Waals surface area contributed by atoms with Crippen molar-refractivity contribution in [2.24, 2.45) is 0 Å². The smallest absolute Gasteiger partial charge is 0.284 e. The van der Waals surface area contributed by atoms with Crippen molar-refractivity contribution in [2.45, 2.75) is 35.5 Å². The highest BCUT2D eigenvalue weighted by atomic mass is 32.2. The standard InChI is InChI=1S/C6HF11O3S/c7-1(8)2(9,10)4(13,14)6(17,20-21(18)19)5(15,16)3(1,11)12/h(H,18,19). The van der Waals surface area contributed by atoms with Crippen LogP contribution in [0.5, 0.6) is 0 Å². The Morgan fingerprint density at radius 2 is 0.857 bits per heavy atom. The monoisotopic (exact) mass is 362 g/mol. The van der Waals surface area contributed by atoms with Crippen LogP contribution in [0.1, 0.15) is 0 Å². The highest BCUT2D eigenvalue weighted by Crippen LogP contribution is 2.69. The van der Waals surface area contributed by atoms with Crippen molar-refractivity contribution in [1.82, 2.24) is 0 Å². The third-order valence-electron chi connectivity index (χ3n) is 2.57. The number of halogens is 11. The molecule has 3 nitrogen and oxygen atoms in total. The molecular formula is C6HF11O3S. The molecule has 0 amide bonds. The van der Waals surface area contributed by atoms with Crippen LogP contribution >= 0.6 is 0 Å². The van der Waals surface area contributed by atoms with Crippen molar-refractivity contribution >= 4 is 11.4 Å². The Balaban J connectivity index is 3.78. The van der Waals surface area contributed by atoms with Gasteiger partial charge in [0.25, 0.3) is 0 Å². The minimum atomic E-state index is -7.39. The molecule has 0 aromatic carbocycles. The molecule has 0 saturated heterocycles. The highest BCUT2D eigenvalue weighted by molar-refractivity contribution is 7.74. The first-order valence-corrected chi connectivity index (χ1v) is 5.33. The first-order chi connectivity index (χ1) is 8.92. The lowest BCUT2D eigenvalue weighted by Gasteiger charge is -2.50. The van der Waals surface area contributed by atoms with Crippen molar-refractivity contribution in [2.75, 3.05) is 0 Å². The van der Waals surface area contributed by atoms with Gasteiger partial charge in [0, 0.05) is 0 Å². The normalized spacial score (nSPS) is 32.4. The second kappa shape index (κ2) is 4.18. The van der Waals surface area contributed by atoms with Crippen molar-refractivity contribution in [3.8, 4) is 0 Å². The minimum absolute atomic E-state index is 2.24. The van der Waals surface area contributed by atoms with E-state index in [1.54, 1.807) is 0 Å². The summed E-state index contributed by atoms with van der Waals surface area (Å²) < 4.78 is 161. The maximum atomic E-state index is 13.3. The van der Waals surface area contributed by atoms with Gasteiger partial charge < -0.3 is 0 Å². The van der Waals surface area contributed by atoms with Gasteiger partial charge in [0.2, 0.25) is 0 Å². The quantitative estimate of drug-likeness (QED) is 0.607. The molecular weight excluding hydrogens is 361 g/mol. The molecule has 21 heavy (non-hydrogen) atoms. The van der Waals surface area contributed by atoms with Gasteiger partial charge in [0.1, 0.15) is 0 Å². The number of hydrogen-bond acceptors (Lipinski definition) is 2. The topological polar surface area (TPSA) is 46.5 Å². The van der Waals surface area contributed by atoms with Crippen LogP contribution in [0.3, 0.4) is 0 Å². The summed E-state index contributed by atoms with van der Waals surface area (Å²) >= 11 is -4.53. The molecule has 1 atom stereocenters. The first kappa shape index (κ1) is 18.3. The number of rotatable bonds is 2. The molecule has 0 aliphatic heterocycles. The Morgan fingerprint density at radius 1 is 0.619 bits per heavy atom. The molecule has 1 aliphatic rings. The van der Waals surface area contributed by atoms with E-state index in [0.717, 1.165) is 0 Å². The zero-order chi connectivity index (χ0) is 17.3. The van der Waals surface area contributed by atoms with Crippen LogP contribution < -0.4 is 0 Å². The van der Waals surface area contributed by atoms with Gasteiger partial charge in [-0.2, -0.15) is 52.5 Å². The van der Waals surface area contributed by atoms with Gasteiger partial charge in [-0.05, 0) is 0 Å².